The first kappa shape index (κ1) is 17.5. The number of hydrogen-bond donors (Lipinski definition) is 1. The summed E-state index contributed by atoms with van der Waals surface area (Å²) in [6, 6.07) is 10.3. The summed E-state index contributed by atoms with van der Waals surface area (Å²) < 4.78 is 0. The molecule has 3 nitrogen and oxygen atoms in total. The van der Waals surface area contributed by atoms with Gasteiger partial charge in [0.15, 0.2) is 0 Å². The van der Waals surface area contributed by atoms with Crippen LogP contribution >= 0.6 is 0 Å². The summed E-state index contributed by atoms with van der Waals surface area (Å²) in [5.41, 5.74) is 1.77. The van der Waals surface area contributed by atoms with E-state index in [2.05, 4.69) is 31.3 Å². The molecule has 132 valence electrons. The summed E-state index contributed by atoms with van der Waals surface area (Å²) >= 11 is 0. The van der Waals surface area contributed by atoms with E-state index >= 15 is 0 Å². The number of likely N-dealkylation sites (tertiary alicyclic amines) is 1. The van der Waals surface area contributed by atoms with Crippen molar-refractivity contribution in [2.24, 2.45) is 17.3 Å². The molecular weight excluding hydrogens is 296 g/mol. The lowest BCUT2D eigenvalue weighted by molar-refractivity contribution is -0.128. The van der Waals surface area contributed by atoms with Gasteiger partial charge in [-0.2, -0.15) is 0 Å². The number of nitrogens with one attached hydrogen (secondary N) is 1. The Morgan fingerprint density at radius 3 is 2.46 bits per heavy atom. The molecule has 3 rings (SSSR count). The molecule has 1 aromatic rings. The van der Waals surface area contributed by atoms with Gasteiger partial charge in [0.05, 0.1) is 0 Å². The molecule has 0 bridgehead atoms. The molecule has 1 aromatic carbocycles. The van der Waals surface area contributed by atoms with E-state index in [0.29, 0.717) is 23.7 Å². The van der Waals surface area contributed by atoms with Crippen molar-refractivity contribution in [2.75, 3.05) is 19.6 Å². The van der Waals surface area contributed by atoms with E-state index in [1.807, 2.05) is 23.1 Å². The van der Waals surface area contributed by atoms with Gasteiger partial charge in [0.25, 0.3) is 0 Å². The Morgan fingerprint density at radius 1 is 1.08 bits per heavy atom. The number of rotatable bonds is 6. The zero-order valence-corrected chi connectivity index (χ0v) is 15.3. The molecular formula is C21H32N2O. The molecule has 2 fully saturated rings. The third-order valence-electron chi connectivity index (χ3n) is 5.84. The van der Waals surface area contributed by atoms with Crippen LogP contribution in [0.15, 0.2) is 30.3 Å². The number of carbonyl (C=O) groups is 1. The van der Waals surface area contributed by atoms with Crippen LogP contribution in [0.1, 0.15) is 51.5 Å². The van der Waals surface area contributed by atoms with Crippen LogP contribution in [0.2, 0.25) is 0 Å². The fraction of sp³-hybridized carbons (Fsp3) is 0.667. The van der Waals surface area contributed by atoms with E-state index in [-0.39, 0.29) is 0 Å². The normalized spacial score (nSPS) is 24.5. The lowest BCUT2D eigenvalue weighted by atomic mass is 9.73. The summed E-state index contributed by atoms with van der Waals surface area (Å²) in [5.74, 6) is 1.61. The summed E-state index contributed by atoms with van der Waals surface area (Å²) in [4.78, 5) is 14.2. The second-order valence-electron chi connectivity index (χ2n) is 8.60. The van der Waals surface area contributed by atoms with Crippen LogP contribution in [-0.4, -0.2) is 30.4 Å². The summed E-state index contributed by atoms with van der Waals surface area (Å²) in [7, 11) is 0. The zero-order valence-electron chi connectivity index (χ0n) is 15.3. The van der Waals surface area contributed by atoms with Gasteiger partial charge in [-0.25, -0.2) is 0 Å². The molecule has 1 aliphatic carbocycles. The van der Waals surface area contributed by atoms with Crippen molar-refractivity contribution >= 4 is 5.91 Å². The molecule has 0 aromatic heterocycles. The molecule has 1 heterocycles. The monoisotopic (exact) mass is 328 g/mol. The summed E-state index contributed by atoms with van der Waals surface area (Å²) in [6.45, 7) is 8.55. The molecule has 1 N–H and O–H groups in total. The summed E-state index contributed by atoms with van der Waals surface area (Å²) in [6.07, 6.45) is 6.11. The van der Waals surface area contributed by atoms with Gasteiger partial charge in [-0.05, 0) is 55.0 Å². The molecule has 3 heteroatoms. The van der Waals surface area contributed by atoms with Gasteiger partial charge in [-0.3, -0.25) is 4.79 Å². The predicted molar refractivity (Wildman–Crippen MR) is 98.6 cm³/mol. The zero-order chi connectivity index (χ0) is 17.0. The Kier molecular flexibility index (Phi) is 5.60. The van der Waals surface area contributed by atoms with E-state index in [9.17, 15) is 4.79 Å². The molecule has 2 aliphatic rings. The van der Waals surface area contributed by atoms with Crippen molar-refractivity contribution in [2.45, 2.75) is 52.5 Å². The minimum absolute atomic E-state index is 0.310. The summed E-state index contributed by atoms with van der Waals surface area (Å²) in [5, 5.41) is 3.65. The third kappa shape index (κ3) is 4.83. The van der Waals surface area contributed by atoms with Crippen molar-refractivity contribution in [3.63, 3.8) is 0 Å². The number of carbonyl (C=O) groups excluding carboxylic acids is 1. The van der Waals surface area contributed by atoms with Gasteiger partial charge < -0.3 is 10.2 Å². The van der Waals surface area contributed by atoms with Crippen LogP contribution < -0.4 is 5.32 Å². The van der Waals surface area contributed by atoms with Crippen molar-refractivity contribution in [3.05, 3.63) is 35.9 Å². The van der Waals surface area contributed by atoms with Gasteiger partial charge >= 0.3 is 0 Å². The van der Waals surface area contributed by atoms with Gasteiger partial charge in [0, 0.05) is 26.1 Å². The predicted octanol–water partition coefficient (Wildman–Crippen LogP) is 3.84. The minimum Gasteiger partial charge on any atom is -0.338 e. The first-order chi connectivity index (χ1) is 11.5. The van der Waals surface area contributed by atoms with E-state index in [0.717, 1.165) is 32.1 Å². The molecule has 1 saturated carbocycles. The maximum absolute atomic E-state index is 12.2. The number of nitrogens with zero attached hydrogens (tertiary/aromatic N) is 1. The maximum Gasteiger partial charge on any atom is 0.223 e. The van der Waals surface area contributed by atoms with Crippen molar-refractivity contribution in [3.8, 4) is 0 Å². The van der Waals surface area contributed by atoms with Crippen LogP contribution in [0, 0.1) is 17.3 Å². The second kappa shape index (κ2) is 7.69. The highest BCUT2D eigenvalue weighted by Crippen LogP contribution is 2.37. The highest BCUT2D eigenvalue weighted by atomic mass is 16.2. The molecule has 1 atom stereocenters. The van der Waals surface area contributed by atoms with Gasteiger partial charge in [-0.1, -0.05) is 44.2 Å². The van der Waals surface area contributed by atoms with Crippen molar-refractivity contribution in [1.82, 2.24) is 10.2 Å². The maximum atomic E-state index is 12.2. The van der Waals surface area contributed by atoms with E-state index in [1.54, 1.807) is 0 Å². The Hall–Kier alpha value is -1.35. The average molecular weight is 329 g/mol. The Bertz CT molecular complexity index is 530. The first-order valence-electron chi connectivity index (χ1n) is 9.54. The molecule has 0 radical (unpaired) electrons. The molecule has 1 saturated heterocycles. The topological polar surface area (TPSA) is 32.3 Å². The van der Waals surface area contributed by atoms with E-state index in [1.165, 1.54) is 31.2 Å². The second-order valence-corrected chi connectivity index (χ2v) is 8.60. The van der Waals surface area contributed by atoms with Crippen LogP contribution in [0.4, 0.5) is 0 Å². The fourth-order valence-electron chi connectivity index (χ4n) is 4.10. The Morgan fingerprint density at radius 2 is 1.75 bits per heavy atom. The van der Waals surface area contributed by atoms with E-state index < -0.39 is 0 Å². The lowest BCUT2D eigenvalue weighted by Crippen LogP contribution is -2.32. The van der Waals surface area contributed by atoms with Crippen LogP contribution in [0.5, 0.6) is 0 Å². The van der Waals surface area contributed by atoms with Crippen molar-refractivity contribution in [1.29, 1.82) is 0 Å². The Balaban J connectivity index is 1.37. The molecule has 1 amide bonds. The minimum atomic E-state index is 0.310. The lowest BCUT2D eigenvalue weighted by Gasteiger charge is -2.34. The van der Waals surface area contributed by atoms with Gasteiger partial charge in [0.2, 0.25) is 5.91 Å². The van der Waals surface area contributed by atoms with Crippen LogP contribution in [0.25, 0.3) is 0 Å². The SMILES string of the molecule is CC1(C)CCC(CNCC2CC(=O)N(Cc3ccccc3)C2)CC1. The average Bonchev–Trinajstić information content (AvgIpc) is 2.90. The van der Waals surface area contributed by atoms with Crippen LogP contribution in [-0.2, 0) is 11.3 Å². The number of hydrogen-bond acceptors (Lipinski definition) is 2. The highest BCUT2D eigenvalue weighted by molar-refractivity contribution is 5.78. The molecule has 1 aliphatic heterocycles. The molecule has 1 unspecified atom stereocenters. The smallest absolute Gasteiger partial charge is 0.223 e. The standard InChI is InChI=1S/C21H32N2O/c1-21(2)10-8-17(9-11-21)13-22-14-19-12-20(24)23(16-19)15-18-6-4-3-5-7-18/h3-7,17,19,22H,8-16H2,1-2H3. The van der Waals surface area contributed by atoms with E-state index in [4.69, 9.17) is 0 Å². The quantitative estimate of drug-likeness (QED) is 0.860. The first-order valence-corrected chi connectivity index (χ1v) is 9.54. The molecule has 24 heavy (non-hydrogen) atoms. The fourth-order valence-corrected chi connectivity index (χ4v) is 4.10. The third-order valence-corrected chi connectivity index (χ3v) is 5.84. The van der Waals surface area contributed by atoms with Crippen LogP contribution in [0.3, 0.4) is 0 Å². The van der Waals surface area contributed by atoms with Gasteiger partial charge in [-0.15, -0.1) is 0 Å². The number of amides is 1. The molecule has 0 spiro atoms. The highest BCUT2D eigenvalue weighted by Gasteiger charge is 2.30. The van der Waals surface area contributed by atoms with Gasteiger partial charge in [0.1, 0.15) is 0 Å². The Labute approximate surface area is 146 Å². The van der Waals surface area contributed by atoms with Crippen molar-refractivity contribution < 1.29 is 4.79 Å². The largest absolute Gasteiger partial charge is 0.338 e. The number of benzene rings is 1.